The Morgan fingerprint density at radius 3 is 2.92 bits per heavy atom. The fourth-order valence-electron chi connectivity index (χ4n) is 1.37. The molecule has 13 heavy (non-hydrogen) atoms. The minimum absolute atomic E-state index is 0.120. The molecule has 0 saturated heterocycles. The van der Waals surface area contributed by atoms with E-state index in [1.807, 2.05) is 13.1 Å². The second kappa shape index (κ2) is 2.58. The van der Waals surface area contributed by atoms with Gasteiger partial charge in [0.1, 0.15) is 0 Å². The topological polar surface area (TPSA) is 58.9 Å². The number of aromatic amines is 1. The van der Waals surface area contributed by atoms with Crippen LogP contribution >= 0.6 is 0 Å². The van der Waals surface area contributed by atoms with E-state index >= 15 is 0 Å². The summed E-state index contributed by atoms with van der Waals surface area (Å²) in [4.78, 5) is 13.0. The number of H-pyrrole nitrogens is 1. The van der Waals surface area contributed by atoms with Gasteiger partial charge < -0.3 is 4.98 Å². The number of aryl methyl sites for hydroxylation is 1. The van der Waals surface area contributed by atoms with Gasteiger partial charge in [-0.15, -0.1) is 0 Å². The minimum atomic E-state index is -0.393. The molecule has 0 amide bonds. The maximum atomic E-state index is 10.4. The first-order valence-corrected chi connectivity index (χ1v) is 3.90. The molecule has 66 valence electrons. The Labute approximate surface area is 74.3 Å². The normalized spacial score (nSPS) is 10.5. The summed E-state index contributed by atoms with van der Waals surface area (Å²) in [6.07, 6.45) is 1.84. The van der Waals surface area contributed by atoms with E-state index in [0.717, 1.165) is 16.5 Å². The third-order valence-corrected chi connectivity index (χ3v) is 2.08. The molecular weight excluding hydrogens is 168 g/mol. The molecular formula is C9H8N2O2. The Morgan fingerprint density at radius 2 is 2.23 bits per heavy atom. The van der Waals surface area contributed by atoms with Gasteiger partial charge in [0.25, 0.3) is 5.69 Å². The molecule has 0 radical (unpaired) electrons. The van der Waals surface area contributed by atoms with Crippen LogP contribution in [0.1, 0.15) is 5.56 Å². The molecule has 1 aromatic carbocycles. The first kappa shape index (κ1) is 7.79. The number of benzene rings is 1. The van der Waals surface area contributed by atoms with Crippen molar-refractivity contribution >= 4 is 16.6 Å². The largest absolute Gasteiger partial charge is 0.361 e. The second-order valence-corrected chi connectivity index (χ2v) is 2.96. The number of hydrogen-bond donors (Lipinski definition) is 1. The minimum Gasteiger partial charge on any atom is -0.361 e. The zero-order chi connectivity index (χ0) is 9.42. The Hall–Kier alpha value is -1.84. The molecule has 0 bridgehead atoms. The van der Waals surface area contributed by atoms with Crippen molar-refractivity contribution in [3.8, 4) is 0 Å². The van der Waals surface area contributed by atoms with E-state index in [1.54, 1.807) is 12.1 Å². The van der Waals surface area contributed by atoms with E-state index in [0.29, 0.717) is 0 Å². The first-order valence-electron chi connectivity index (χ1n) is 3.90. The van der Waals surface area contributed by atoms with Crippen molar-refractivity contribution in [2.75, 3.05) is 0 Å². The number of aromatic nitrogens is 1. The van der Waals surface area contributed by atoms with Gasteiger partial charge in [-0.3, -0.25) is 10.1 Å². The summed E-state index contributed by atoms with van der Waals surface area (Å²) in [5.74, 6) is 0. The fourth-order valence-corrected chi connectivity index (χ4v) is 1.37. The van der Waals surface area contributed by atoms with E-state index in [-0.39, 0.29) is 5.69 Å². The number of non-ortho nitro benzene ring substituents is 1. The predicted octanol–water partition coefficient (Wildman–Crippen LogP) is 2.38. The SMILES string of the molecule is Cc1c[nH]c2cc([N+](=O)[O-])ccc12. The van der Waals surface area contributed by atoms with Crippen LogP contribution in [0.3, 0.4) is 0 Å². The fraction of sp³-hybridized carbons (Fsp3) is 0.111. The molecule has 0 fully saturated rings. The number of nitrogens with one attached hydrogen (secondary N) is 1. The van der Waals surface area contributed by atoms with Crippen LogP contribution in [0.4, 0.5) is 5.69 Å². The van der Waals surface area contributed by atoms with Crippen LogP contribution in [0.15, 0.2) is 24.4 Å². The highest BCUT2D eigenvalue weighted by molar-refractivity contribution is 5.84. The Balaban J connectivity index is 2.70. The molecule has 2 aromatic rings. The van der Waals surface area contributed by atoms with Crippen LogP contribution in [0.25, 0.3) is 10.9 Å². The molecule has 0 aliphatic carbocycles. The van der Waals surface area contributed by atoms with E-state index in [1.165, 1.54) is 6.07 Å². The number of fused-ring (bicyclic) bond motifs is 1. The average Bonchev–Trinajstić information content (AvgIpc) is 2.47. The molecule has 0 spiro atoms. The number of nitro groups is 1. The van der Waals surface area contributed by atoms with Crippen LogP contribution < -0.4 is 0 Å². The zero-order valence-corrected chi connectivity index (χ0v) is 7.07. The maximum Gasteiger partial charge on any atom is 0.271 e. The summed E-state index contributed by atoms with van der Waals surface area (Å²) < 4.78 is 0. The van der Waals surface area contributed by atoms with Crippen molar-refractivity contribution in [1.82, 2.24) is 4.98 Å². The molecule has 0 aliphatic rings. The number of rotatable bonds is 1. The third-order valence-electron chi connectivity index (χ3n) is 2.08. The van der Waals surface area contributed by atoms with Crippen LogP contribution in [-0.4, -0.2) is 9.91 Å². The van der Waals surface area contributed by atoms with Gasteiger partial charge in [-0.2, -0.15) is 0 Å². The lowest BCUT2D eigenvalue weighted by Crippen LogP contribution is -1.86. The standard InChI is InChI=1S/C9H8N2O2/c1-6-5-10-9-4-7(11(12)13)2-3-8(6)9/h2-5,10H,1H3. The van der Waals surface area contributed by atoms with Crippen LogP contribution in [0, 0.1) is 17.0 Å². The van der Waals surface area contributed by atoms with Crippen LogP contribution in [0.2, 0.25) is 0 Å². The van der Waals surface area contributed by atoms with Crippen molar-refractivity contribution in [1.29, 1.82) is 0 Å². The average molecular weight is 176 g/mol. The highest BCUT2D eigenvalue weighted by Crippen LogP contribution is 2.22. The highest BCUT2D eigenvalue weighted by atomic mass is 16.6. The van der Waals surface area contributed by atoms with Gasteiger partial charge in [-0.05, 0) is 18.6 Å². The van der Waals surface area contributed by atoms with Crippen molar-refractivity contribution in [2.45, 2.75) is 6.92 Å². The number of hydrogen-bond acceptors (Lipinski definition) is 2. The second-order valence-electron chi connectivity index (χ2n) is 2.96. The quantitative estimate of drug-likeness (QED) is 0.535. The van der Waals surface area contributed by atoms with Gasteiger partial charge in [0.2, 0.25) is 0 Å². The number of nitrogens with zero attached hydrogens (tertiary/aromatic N) is 1. The van der Waals surface area contributed by atoms with Gasteiger partial charge in [-0.25, -0.2) is 0 Å². The van der Waals surface area contributed by atoms with Gasteiger partial charge >= 0.3 is 0 Å². The number of nitro benzene ring substituents is 1. The van der Waals surface area contributed by atoms with Crippen molar-refractivity contribution in [3.63, 3.8) is 0 Å². The molecule has 4 nitrogen and oxygen atoms in total. The van der Waals surface area contributed by atoms with Gasteiger partial charge in [-0.1, -0.05) is 0 Å². The molecule has 0 atom stereocenters. The summed E-state index contributed by atoms with van der Waals surface area (Å²) in [6.45, 7) is 1.96. The predicted molar refractivity (Wildman–Crippen MR) is 49.7 cm³/mol. The zero-order valence-electron chi connectivity index (χ0n) is 7.07. The van der Waals surface area contributed by atoms with Crippen molar-refractivity contribution < 1.29 is 4.92 Å². The molecule has 0 saturated carbocycles. The van der Waals surface area contributed by atoms with Crippen molar-refractivity contribution in [2.24, 2.45) is 0 Å². The van der Waals surface area contributed by atoms with Crippen LogP contribution in [-0.2, 0) is 0 Å². The molecule has 2 rings (SSSR count). The lowest BCUT2D eigenvalue weighted by Gasteiger charge is -1.92. The van der Waals surface area contributed by atoms with Gasteiger partial charge in [0, 0.05) is 23.7 Å². The van der Waals surface area contributed by atoms with E-state index in [4.69, 9.17) is 0 Å². The van der Waals surface area contributed by atoms with Gasteiger partial charge in [0.15, 0.2) is 0 Å². The smallest absolute Gasteiger partial charge is 0.271 e. The summed E-state index contributed by atoms with van der Waals surface area (Å²) in [7, 11) is 0. The molecule has 4 heteroatoms. The summed E-state index contributed by atoms with van der Waals surface area (Å²) in [5, 5.41) is 11.5. The van der Waals surface area contributed by atoms with E-state index < -0.39 is 4.92 Å². The van der Waals surface area contributed by atoms with E-state index in [2.05, 4.69) is 4.98 Å². The van der Waals surface area contributed by atoms with Gasteiger partial charge in [0.05, 0.1) is 10.4 Å². The lowest BCUT2D eigenvalue weighted by atomic mass is 10.2. The van der Waals surface area contributed by atoms with E-state index in [9.17, 15) is 10.1 Å². The maximum absolute atomic E-state index is 10.4. The lowest BCUT2D eigenvalue weighted by molar-refractivity contribution is -0.384. The molecule has 0 unspecified atom stereocenters. The molecule has 1 aromatic heterocycles. The molecule has 1 N–H and O–H groups in total. The molecule has 1 heterocycles. The third kappa shape index (κ3) is 1.16. The first-order chi connectivity index (χ1) is 6.18. The molecule has 0 aliphatic heterocycles. The highest BCUT2D eigenvalue weighted by Gasteiger charge is 2.07. The summed E-state index contributed by atoms with van der Waals surface area (Å²) >= 11 is 0. The summed E-state index contributed by atoms with van der Waals surface area (Å²) in [5.41, 5.74) is 2.03. The monoisotopic (exact) mass is 176 g/mol. The van der Waals surface area contributed by atoms with Crippen molar-refractivity contribution in [3.05, 3.63) is 40.1 Å². The van der Waals surface area contributed by atoms with Crippen LogP contribution in [0.5, 0.6) is 0 Å². The Kier molecular flexibility index (Phi) is 1.55. The Bertz CT molecular complexity index is 473. The summed E-state index contributed by atoms with van der Waals surface area (Å²) in [6, 6.07) is 4.82. The Morgan fingerprint density at radius 1 is 1.46 bits per heavy atom.